The standard InChI is InChI=1S/C13H17NO4/c1-18-12-7-11(15)8(6-10(12)13(16)17)5-9-3-2-4-14-9/h6-7,9,14-15H,2-5H2,1H3,(H,16,17). The first-order chi connectivity index (χ1) is 8.61. The molecule has 0 amide bonds. The van der Waals surface area contributed by atoms with Gasteiger partial charge in [-0.2, -0.15) is 0 Å². The van der Waals surface area contributed by atoms with Crippen LogP contribution in [0.2, 0.25) is 0 Å². The van der Waals surface area contributed by atoms with E-state index in [1.54, 1.807) is 0 Å². The maximum absolute atomic E-state index is 11.1. The lowest BCUT2D eigenvalue weighted by molar-refractivity contribution is 0.0693. The normalized spacial score (nSPS) is 18.8. The number of carboxylic acids is 1. The second kappa shape index (κ2) is 5.27. The Morgan fingerprint density at radius 2 is 2.33 bits per heavy atom. The zero-order valence-corrected chi connectivity index (χ0v) is 10.3. The van der Waals surface area contributed by atoms with Gasteiger partial charge < -0.3 is 20.3 Å². The van der Waals surface area contributed by atoms with Crippen LogP contribution in [0.15, 0.2) is 12.1 Å². The van der Waals surface area contributed by atoms with Crippen molar-refractivity contribution in [1.29, 1.82) is 0 Å². The van der Waals surface area contributed by atoms with Crippen molar-refractivity contribution in [2.24, 2.45) is 0 Å². The molecular formula is C13H17NO4. The molecule has 1 aliphatic rings. The monoisotopic (exact) mass is 251 g/mol. The van der Waals surface area contributed by atoms with Crippen LogP contribution in [-0.4, -0.2) is 35.9 Å². The Bertz CT molecular complexity index is 453. The first-order valence-corrected chi connectivity index (χ1v) is 5.98. The summed E-state index contributed by atoms with van der Waals surface area (Å²) in [5.41, 5.74) is 0.732. The van der Waals surface area contributed by atoms with Crippen LogP contribution < -0.4 is 10.1 Å². The number of rotatable bonds is 4. The zero-order chi connectivity index (χ0) is 13.1. The predicted octanol–water partition coefficient (Wildman–Crippen LogP) is 1.39. The fourth-order valence-corrected chi connectivity index (χ4v) is 2.31. The molecule has 1 fully saturated rings. The zero-order valence-electron chi connectivity index (χ0n) is 10.3. The lowest BCUT2D eigenvalue weighted by Gasteiger charge is -2.14. The predicted molar refractivity (Wildman–Crippen MR) is 66.3 cm³/mol. The Kier molecular flexibility index (Phi) is 3.72. The van der Waals surface area contributed by atoms with Gasteiger partial charge >= 0.3 is 5.97 Å². The molecule has 1 heterocycles. The first-order valence-electron chi connectivity index (χ1n) is 5.98. The van der Waals surface area contributed by atoms with Crippen LogP contribution in [0.3, 0.4) is 0 Å². The van der Waals surface area contributed by atoms with E-state index < -0.39 is 5.97 Å². The topological polar surface area (TPSA) is 78.8 Å². The molecule has 0 aliphatic carbocycles. The smallest absolute Gasteiger partial charge is 0.339 e. The van der Waals surface area contributed by atoms with Crippen molar-refractivity contribution < 1.29 is 19.7 Å². The third-order valence-corrected chi connectivity index (χ3v) is 3.26. The third kappa shape index (κ3) is 2.56. The first kappa shape index (κ1) is 12.7. The molecular weight excluding hydrogens is 234 g/mol. The highest BCUT2D eigenvalue weighted by atomic mass is 16.5. The number of methoxy groups -OCH3 is 1. The summed E-state index contributed by atoms with van der Waals surface area (Å²) in [5, 5.41) is 22.3. The number of phenols is 1. The lowest BCUT2D eigenvalue weighted by atomic mass is 10.0. The van der Waals surface area contributed by atoms with Gasteiger partial charge in [0, 0.05) is 12.1 Å². The maximum Gasteiger partial charge on any atom is 0.339 e. The van der Waals surface area contributed by atoms with Gasteiger partial charge in [0.1, 0.15) is 17.1 Å². The molecule has 1 unspecified atom stereocenters. The van der Waals surface area contributed by atoms with E-state index in [4.69, 9.17) is 9.84 Å². The van der Waals surface area contributed by atoms with E-state index >= 15 is 0 Å². The van der Waals surface area contributed by atoms with Crippen LogP contribution in [0.5, 0.6) is 11.5 Å². The van der Waals surface area contributed by atoms with Gasteiger partial charge in [0.2, 0.25) is 0 Å². The van der Waals surface area contributed by atoms with E-state index in [1.807, 2.05) is 0 Å². The molecule has 1 saturated heterocycles. The molecule has 0 radical (unpaired) electrons. The molecule has 1 aliphatic heterocycles. The molecule has 98 valence electrons. The van der Waals surface area contributed by atoms with Gasteiger partial charge in [-0.05, 0) is 37.4 Å². The number of aromatic hydroxyl groups is 1. The van der Waals surface area contributed by atoms with Gasteiger partial charge in [-0.3, -0.25) is 0 Å². The Balaban J connectivity index is 2.29. The summed E-state index contributed by atoms with van der Waals surface area (Å²) in [6.07, 6.45) is 2.80. The van der Waals surface area contributed by atoms with E-state index in [1.165, 1.54) is 19.2 Å². The molecule has 1 aromatic rings. The van der Waals surface area contributed by atoms with E-state index in [0.29, 0.717) is 18.0 Å². The highest BCUT2D eigenvalue weighted by Gasteiger charge is 2.20. The van der Waals surface area contributed by atoms with E-state index in [0.717, 1.165) is 19.4 Å². The third-order valence-electron chi connectivity index (χ3n) is 3.26. The molecule has 5 nitrogen and oxygen atoms in total. The SMILES string of the molecule is COc1cc(O)c(CC2CCCN2)cc1C(=O)O. The van der Waals surface area contributed by atoms with Crippen molar-refractivity contribution in [2.75, 3.05) is 13.7 Å². The minimum Gasteiger partial charge on any atom is -0.508 e. The van der Waals surface area contributed by atoms with E-state index in [2.05, 4.69) is 5.32 Å². The van der Waals surface area contributed by atoms with Crippen molar-refractivity contribution in [1.82, 2.24) is 5.32 Å². The second-order valence-electron chi connectivity index (χ2n) is 4.48. The summed E-state index contributed by atoms with van der Waals surface area (Å²) in [6.45, 7) is 0.980. The molecule has 0 aromatic heterocycles. The average Bonchev–Trinajstić information content (AvgIpc) is 2.83. The van der Waals surface area contributed by atoms with Crippen LogP contribution in [-0.2, 0) is 6.42 Å². The number of carboxylic acid groups (broad SMARTS) is 1. The molecule has 0 bridgehead atoms. The van der Waals surface area contributed by atoms with Gasteiger partial charge in [0.25, 0.3) is 0 Å². The van der Waals surface area contributed by atoms with E-state index in [9.17, 15) is 9.90 Å². The van der Waals surface area contributed by atoms with Crippen molar-refractivity contribution in [3.8, 4) is 11.5 Å². The Hall–Kier alpha value is -1.75. The summed E-state index contributed by atoms with van der Waals surface area (Å²) in [6, 6.07) is 3.18. The van der Waals surface area contributed by atoms with Crippen molar-refractivity contribution in [2.45, 2.75) is 25.3 Å². The van der Waals surface area contributed by atoms with E-state index in [-0.39, 0.29) is 17.1 Å². The van der Waals surface area contributed by atoms with Crippen molar-refractivity contribution >= 4 is 5.97 Å². The molecule has 1 atom stereocenters. The minimum atomic E-state index is -1.05. The summed E-state index contributed by atoms with van der Waals surface area (Å²) in [7, 11) is 1.39. The summed E-state index contributed by atoms with van der Waals surface area (Å²) in [4.78, 5) is 11.1. The van der Waals surface area contributed by atoms with Gasteiger partial charge in [-0.25, -0.2) is 4.79 Å². The van der Waals surface area contributed by atoms with Crippen LogP contribution in [0.25, 0.3) is 0 Å². The van der Waals surface area contributed by atoms with Crippen molar-refractivity contribution in [3.63, 3.8) is 0 Å². The summed E-state index contributed by atoms with van der Waals surface area (Å²) in [5.74, 6) is -0.777. The molecule has 5 heteroatoms. The number of carbonyl (C=O) groups is 1. The van der Waals surface area contributed by atoms with Crippen molar-refractivity contribution in [3.05, 3.63) is 23.3 Å². The van der Waals surface area contributed by atoms with Gasteiger partial charge in [0.05, 0.1) is 7.11 Å². The average molecular weight is 251 g/mol. The Morgan fingerprint density at radius 1 is 1.56 bits per heavy atom. The minimum absolute atomic E-state index is 0.0864. The van der Waals surface area contributed by atoms with Gasteiger partial charge in [-0.1, -0.05) is 0 Å². The molecule has 0 spiro atoms. The number of benzene rings is 1. The highest BCUT2D eigenvalue weighted by Crippen LogP contribution is 2.30. The Morgan fingerprint density at radius 3 is 2.89 bits per heavy atom. The lowest BCUT2D eigenvalue weighted by Crippen LogP contribution is -2.23. The van der Waals surface area contributed by atoms with Crippen LogP contribution >= 0.6 is 0 Å². The largest absolute Gasteiger partial charge is 0.508 e. The molecule has 3 N–H and O–H groups in total. The number of aromatic carboxylic acids is 1. The second-order valence-corrected chi connectivity index (χ2v) is 4.48. The molecule has 1 aromatic carbocycles. The van der Waals surface area contributed by atoms with Gasteiger partial charge in [-0.15, -0.1) is 0 Å². The summed E-state index contributed by atoms with van der Waals surface area (Å²) >= 11 is 0. The van der Waals surface area contributed by atoms with Crippen LogP contribution in [0, 0.1) is 0 Å². The fraction of sp³-hybridized carbons (Fsp3) is 0.462. The van der Waals surface area contributed by atoms with Crippen LogP contribution in [0.4, 0.5) is 0 Å². The van der Waals surface area contributed by atoms with Gasteiger partial charge in [0.15, 0.2) is 0 Å². The number of ether oxygens (including phenoxy) is 1. The Labute approximate surface area is 105 Å². The maximum atomic E-state index is 11.1. The molecule has 0 saturated carbocycles. The summed E-state index contributed by atoms with van der Waals surface area (Å²) < 4.78 is 4.96. The number of hydrogen-bond donors (Lipinski definition) is 3. The van der Waals surface area contributed by atoms with Crippen LogP contribution in [0.1, 0.15) is 28.8 Å². The highest BCUT2D eigenvalue weighted by molar-refractivity contribution is 5.91. The molecule has 2 rings (SSSR count). The number of hydrogen-bond acceptors (Lipinski definition) is 4. The fourth-order valence-electron chi connectivity index (χ4n) is 2.31. The quantitative estimate of drug-likeness (QED) is 0.753. The number of phenolic OH excluding ortho intramolecular Hbond substituents is 1. The molecule has 18 heavy (non-hydrogen) atoms. The number of nitrogens with one attached hydrogen (secondary N) is 1.